The highest BCUT2D eigenvalue weighted by atomic mass is 16.5. The fraction of sp³-hybridized carbons (Fsp3) is 0.273. The summed E-state index contributed by atoms with van der Waals surface area (Å²) in [4.78, 5) is 12.4. The molecule has 2 N–H and O–H groups in total. The molecule has 2 heterocycles. The summed E-state index contributed by atoms with van der Waals surface area (Å²) < 4.78 is 12.8. The average Bonchev–Trinajstić information content (AvgIpc) is 3.21. The molecule has 0 fully saturated rings. The summed E-state index contributed by atoms with van der Waals surface area (Å²) >= 11 is 0. The summed E-state index contributed by atoms with van der Waals surface area (Å²) in [5.41, 5.74) is 3.23. The summed E-state index contributed by atoms with van der Waals surface area (Å²) in [6, 6.07) is 17.4. The summed E-state index contributed by atoms with van der Waals surface area (Å²) in [5.74, 6) is 1.49. The number of nitrogens with one attached hydrogen (secondary N) is 2. The lowest BCUT2D eigenvalue weighted by atomic mass is 10.1. The Morgan fingerprint density at radius 2 is 2.07 bits per heavy atom. The van der Waals surface area contributed by atoms with Gasteiger partial charge in [0.25, 0.3) is 5.91 Å². The minimum atomic E-state index is -0.156. The molecule has 7 nitrogen and oxygen atoms in total. The number of amides is 1. The summed E-state index contributed by atoms with van der Waals surface area (Å²) in [5, 5.41) is 11.1. The molecule has 150 valence electrons. The fourth-order valence-corrected chi connectivity index (χ4v) is 3.42. The third-order valence-electron chi connectivity index (χ3n) is 4.89. The van der Waals surface area contributed by atoms with Crippen molar-refractivity contribution in [3.8, 4) is 22.8 Å². The Morgan fingerprint density at radius 1 is 1.21 bits per heavy atom. The zero-order valence-corrected chi connectivity index (χ0v) is 16.5. The van der Waals surface area contributed by atoms with Gasteiger partial charge in [0.1, 0.15) is 23.4 Å². The third kappa shape index (κ3) is 3.95. The molecule has 1 aromatic heterocycles. The number of ether oxygens (including phenoxy) is 2. The Kier molecular flexibility index (Phi) is 5.48. The van der Waals surface area contributed by atoms with E-state index in [4.69, 9.17) is 14.6 Å². The molecule has 4 rings (SSSR count). The van der Waals surface area contributed by atoms with Crippen LogP contribution in [0.15, 0.2) is 54.6 Å². The van der Waals surface area contributed by atoms with Gasteiger partial charge in [0, 0.05) is 17.7 Å². The number of carbonyl (C=O) groups excluding carboxylic acids is 1. The van der Waals surface area contributed by atoms with Gasteiger partial charge in [-0.2, -0.15) is 5.10 Å². The number of benzene rings is 2. The number of aromatic nitrogens is 2. The second-order valence-corrected chi connectivity index (χ2v) is 6.74. The molecule has 1 atom stereocenters. The van der Waals surface area contributed by atoms with E-state index in [9.17, 15) is 4.79 Å². The number of hydrogen-bond donors (Lipinski definition) is 2. The van der Waals surface area contributed by atoms with Gasteiger partial charge in [-0.15, -0.1) is 0 Å². The van der Waals surface area contributed by atoms with Crippen LogP contribution in [0.3, 0.4) is 0 Å². The number of carbonyl (C=O) groups is 1. The Balaban J connectivity index is 1.58. The largest absolute Gasteiger partial charge is 0.497 e. The molecule has 0 saturated carbocycles. The van der Waals surface area contributed by atoms with Crippen LogP contribution < -0.4 is 20.1 Å². The second-order valence-electron chi connectivity index (χ2n) is 6.74. The van der Waals surface area contributed by atoms with Crippen molar-refractivity contribution in [2.24, 2.45) is 0 Å². The van der Waals surface area contributed by atoms with Crippen molar-refractivity contribution in [1.82, 2.24) is 20.4 Å². The van der Waals surface area contributed by atoms with E-state index in [1.54, 1.807) is 11.8 Å². The van der Waals surface area contributed by atoms with Gasteiger partial charge in [0.15, 0.2) is 0 Å². The van der Waals surface area contributed by atoms with E-state index in [1.165, 1.54) is 0 Å². The summed E-state index contributed by atoms with van der Waals surface area (Å²) in [6.07, 6.45) is -0.156. The smallest absolute Gasteiger partial charge is 0.269 e. The van der Waals surface area contributed by atoms with Crippen LogP contribution in [0.5, 0.6) is 11.5 Å². The van der Waals surface area contributed by atoms with Crippen molar-refractivity contribution >= 4 is 5.91 Å². The Bertz CT molecular complexity index is 1010. The van der Waals surface area contributed by atoms with E-state index in [0.29, 0.717) is 25.4 Å². The highest BCUT2D eigenvalue weighted by Gasteiger charge is 2.27. The molecule has 0 aliphatic carbocycles. The first kappa shape index (κ1) is 19.0. The quantitative estimate of drug-likeness (QED) is 0.646. The molecule has 0 radical (unpaired) electrons. The fourth-order valence-electron chi connectivity index (χ4n) is 3.42. The van der Waals surface area contributed by atoms with Gasteiger partial charge in [0.05, 0.1) is 26.0 Å². The maximum Gasteiger partial charge on any atom is 0.269 e. The maximum absolute atomic E-state index is 12.4. The van der Waals surface area contributed by atoms with E-state index in [1.807, 2.05) is 61.5 Å². The minimum Gasteiger partial charge on any atom is -0.497 e. The van der Waals surface area contributed by atoms with Gasteiger partial charge in [-0.3, -0.25) is 10.1 Å². The van der Waals surface area contributed by atoms with Gasteiger partial charge in [-0.05, 0) is 31.2 Å². The lowest BCUT2D eigenvalue weighted by Crippen LogP contribution is -2.45. The molecule has 1 aliphatic rings. The third-order valence-corrected chi connectivity index (χ3v) is 4.89. The first-order chi connectivity index (χ1) is 14.2. The zero-order chi connectivity index (χ0) is 20.2. The molecule has 2 aromatic carbocycles. The lowest BCUT2D eigenvalue weighted by molar-refractivity contribution is 0.0900. The van der Waals surface area contributed by atoms with Gasteiger partial charge in [-0.25, -0.2) is 4.68 Å². The summed E-state index contributed by atoms with van der Waals surface area (Å²) in [6.45, 7) is 3.65. The molecule has 0 spiro atoms. The van der Waals surface area contributed by atoms with Crippen LogP contribution in [0, 0.1) is 0 Å². The molecule has 0 saturated heterocycles. The predicted octanol–water partition coefficient (Wildman–Crippen LogP) is 2.99. The van der Waals surface area contributed by atoms with E-state index in [2.05, 4.69) is 10.6 Å². The maximum atomic E-state index is 12.4. The van der Waals surface area contributed by atoms with E-state index >= 15 is 0 Å². The first-order valence-electron chi connectivity index (χ1n) is 9.66. The average molecular weight is 392 g/mol. The SMILES string of the molecule is CCOc1ccccc1CNC1CNC(=O)c2cc(-c3cccc(OC)c3)nn21. The molecule has 7 heteroatoms. The van der Waals surface area contributed by atoms with Gasteiger partial charge in [0.2, 0.25) is 0 Å². The van der Waals surface area contributed by atoms with E-state index in [0.717, 1.165) is 28.3 Å². The lowest BCUT2D eigenvalue weighted by Gasteiger charge is -2.26. The molecular weight excluding hydrogens is 368 g/mol. The van der Waals surface area contributed by atoms with Crippen molar-refractivity contribution in [3.05, 3.63) is 65.9 Å². The van der Waals surface area contributed by atoms with Crippen LogP contribution in [-0.4, -0.2) is 35.9 Å². The highest BCUT2D eigenvalue weighted by Crippen LogP contribution is 2.26. The number of nitrogens with zero attached hydrogens (tertiary/aromatic N) is 2. The molecule has 0 bridgehead atoms. The first-order valence-corrected chi connectivity index (χ1v) is 9.66. The Labute approximate surface area is 169 Å². The van der Waals surface area contributed by atoms with Gasteiger partial charge < -0.3 is 14.8 Å². The number of hydrogen-bond acceptors (Lipinski definition) is 5. The minimum absolute atomic E-state index is 0.126. The van der Waals surface area contributed by atoms with Crippen LogP contribution in [-0.2, 0) is 6.54 Å². The van der Waals surface area contributed by atoms with Crippen molar-refractivity contribution in [2.75, 3.05) is 20.3 Å². The van der Waals surface area contributed by atoms with Gasteiger partial charge >= 0.3 is 0 Å². The molecule has 29 heavy (non-hydrogen) atoms. The van der Waals surface area contributed by atoms with E-state index in [-0.39, 0.29) is 12.1 Å². The van der Waals surface area contributed by atoms with Crippen molar-refractivity contribution in [3.63, 3.8) is 0 Å². The molecule has 1 amide bonds. The van der Waals surface area contributed by atoms with Crippen LogP contribution >= 0.6 is 0 Å². The van der Waals surface area contributed by atoms with Crippen LogP contribution in [0.25, 0.3) is 11.3 Å². The Hall–Kier alpha value is -3.32. The number of fused-ring (bicyclic) bond motifs is 1. The second kappa shape index (κ2) is 8.36. The number of rotatable bonds is 7. The van der Waals surface area contributed by atoms with Crippen LogP contribution in [0.2, 0.25) is 0 Å². The predicted molar refractivity (Wildman–Crippen MR) is 110 cm³/mol. The molecule has 1 aliphatic heterocycles. The molecule has 1 unspecified atom stereocenters. The van der Waals surface area contributed by atoms with Crippen LogP contribution in [0.1, 0.15) is 29.1 Å². The topological polar surface area (TPSA) is 77.4 Å². The highest BCUT2D eigenvalue weighted by molar-refractivity contribution is 5.94. The zero-order valence-electron chi connectivity index (χ0n) is 16.5. The van der Waals surface area contributed by atoms with E-state index < -0.39 is 0 Å². The van der Waals surface area contributed by atoms with Crippen molar-refractivity contribution in [2.45, 2.75) is 19.6 Å². The van der Waals surface area contributed by atoms with Crippen molar-refractivity contribution < 1.29 is 14.3 Å². The van der Waals surface area contributed by atoms with Gasteiger partial charge in [-0.1, -0.05) is 30.3 Å². The normalized spacial score (nSPS) is 15.5. The molecule has 3 aromatic rings. The summed E-state index contributed by atoms with van der Waals surface area (Å²) in [7, 11) is 1.63. The number of para-hydroxylation sites is 1. The Morgan fingerprint density at radius 3 is 2.90 bits per heavy atom. The van der Waals surface area contributed by atoms with Crippen molar-refractivity contribution in [1.29, 1.82) is 0 Å². The van der Waals surface area contributed by atoms with Crippen LogP contribution in [0.4, 0.5) is 0 Å². The monoisotopic (exact) mass is 392 g/mol. The number of methoxy groups -OCH3 is 1. The standard InChI is InChI=1S/C22H24N4O3/c1-3-29-20-10-5-4-7-16(20)13-23-21-14-24-22(27)19-12-18(25-26(19)21)15-8-6-9-17(11-15)28-2/h4-12,21,23H,3,13-14H2,1-2H3,(H,24,27). The molecular formula is C22H24N4O3.